The number of rotatable bonds is 8. The number of carbonyl (C=O) groups excluding carboxylic acids is 1. The Bertz CT molecular complexity index is 505. The summed E-state index contributed by atoms with van der Waals surface area (Å²) in [5.41, 5.74) is 6.54. The molecule has 116 valence electrons. The van der Waals surface area contributed by atoms with Gasteiger partial charge in [0.1, 0.15) is 5.92 Å². The first-order valence-corrected chi connectivity index (χ1v) is 8.36. The summed E-state index contributed by atoms with van der Waals surface area (Å²) in [7, 11) is -0.873. The van der Waals surface area contributed by atoms with Crippen LogP contribution < -0.4 is 11.1 Å². The number of nitrogens with one attached hydrogen (secondary N) is 1. The predicted octanol–water partition coefficient (Wildman–Crippen LogP) is 0.477. The summed E-state index contributed by atoms with van der Waals surface area (Å²) < 4.78 is 10.9. The van der Waals surface area contributed by atoms with Gasteiger partial charge in [0.2, 0.25) is 5.91 Å². The van der Waals surface area contributed by atoms with E-state index in [1.807, 2.05) is 30.3 Å². The second kappa shape index (κ2) is 9.12. The van der Waals surface area contributed by atoms with E-state index < -0.39 is 16.7 Å². The number of hydrogen-bond acceptors (Lipinski definition) is 4. The van der Waals surface area contributed by atoms with E-state index >= 15 is 0 Å². The molecule has 2 unspecified atom stereocenters. The van der Waals surface area contributed by atoms with Crippen molar-refractivity contribution < 1.29 is 14.2 Å². The summed E-state index contributed by atoms with van der Waals surface area (Å²) >= 11 is 0. The van der Waals surface area contributed by atoms with E-state index in [0.717, 1.165) is 5.56 Å². The van der Waals surface area contributed by atoms with Crippen LogP contribution >= 0.6 is 0 Å². The van der Waals surface area contributed by atoms with Gasteiger partial charge in [0.25, 0.3) is 0 Å². The third-order valence-corrected chi connectivity index (χ3v) is 3.84. The number of oxime groups is 1. The molecule has 0 saturated carbocycles. The molecule has 1 amide bonds. The average Bonchev–Trinajstić information content (AvgIpc) is 2.49. The fourth-order valence-electron chi connectivity index (χ4n) is 1.86. The monoisotopic (exact) mass is 311 g/mol. The van der Waals surface area contributed by atoms with Gasteiger partial charge in [-0.2, -0.15) is 0 Å². The number of nitrogens with zero attached hydrogens (tertiary/aromatic N) is 1. The summed E-state index contributed by atoms with van der Waals surface area (Å²) in [5.74, 6) is -0.594. The Kier molecular flexibility index (Phi) is 7.45. The highest BCUT2D eigenvalue weighted by Crippen LogP contribution is 2.09. The standard InChI is InChI=1S/C14H21N3O3S/c1-21(20)9-5-8-16-14(18)12(13(15)17-19)10-11-6-3-2-4-7-11/h2-4,6-7,12,19H,5,8-10H2,1H3,(H2,15,17)(H,16,18). The smallest absolute Gasteiger partial charge is 0.231 e. The maximum Gasteiger partial charge on any atom is 0.231 e. The molecule has 21 heavy (non-hydrogen) atoms. The van der Waals surface area contributed by atoms with Crippen molar-refractivity contribution >= 4 is 22.5 Å². The Hall–Kier alpha value is -1.89. The molecule has 0 aliphatic rings. The number of benzene rings is 1. The molecule has 0 bridgehead atoms. The van der Waals surface area contributed by atoms with Gasteiger partial charge >= 0.3 is 0 Å². The van der Waals surface area contributed by atoms with Crippen LogP contribution in [0.25, 0.3) is 0 Å². The first-order chi connectivity index (χ1) is 10.0. The van der Waals surface area contributed by atoms with Crippen molar-refractivity contribution in [1.29, 1.82) is 0 Å². The highest BCUT2D eigenvalue weighted by Gasteiger charge is 2.23. The van der Waals surface area contributed by atoms with Crippen molar-refractivity contribution in [2.24, 2.45) is 16.8 Å². The zero-order valence-electron chi connectivity index (χ0n) is 12.0. The molecule has 0 aliphatic heterocycles. The average molecular weight is 311 g/mol. The molecular weight excluding hydrogens is 290 g/mol. The van der Waals surface area contributed by atoms with Crippen LogP contribution in [0.3, 0.4) is 0 Å². The largest absolute Gasteiger partial charge is 0.409 e. The highest BCUT2D eigenvalue weighted by molar-refractivity contribution is 7.84. The molecule has 4 N–H and O–H groups in total. The van der Waals surface area contributed by atoms with Crippen molar-refractivity contribution in [3.8, 4) is 0 Å². The van der Waals surface area contributed by atoms with Crippen molar-refractivity contribution in [2.45, 2.75) is 12.8 Å². The first-order valence-electron chi connectivity index (χ1n) is 6.63. The second-order valence-electron chi connectivity index (χ2n) is 4.69. The van der Waals surface area contributed by atoms with Gasteiger partial charge in [0, 0.05) is 29.4 Å². The van der Waals surface area contributed by atoms with Crippen molar-refractivity contribution in [3.63, 3.8) is 0 Å². The molecule has 0 aromatic heterocycles. The molecule has 0 radical (unpaired) electrons. The first kappa shape index (κ1) is 17.2. The van der Waals surface area contributed by atoms with Gasteiger partial charge in [-0.05, 0) is 18.4 Å². The molecule has 1 rings (SSSR count). The molecule has 0 saturated heterocycles. The van der Waals surface area contributed by atoms with Gasteiger partial charge < -0.3 is 16.3 Å². The molecule has 0 fully saturated rings. The Labute approximate surface area is 126 Å². The lowest BCUT2D eigenvalue weighted by Crippen LogP contribution is -2.40. The molecule has 1 aromatic carbocycles. The fraction of sp³-hybridized carbons (Fsp3) is 0.429. The van der Waals surface area contributed by atoms with E-state index in [1.165, 1.54) is 0 Å². The Balaban J connectivity index is 2.61. The molecule has 7 heteroatoms. The molecule has 0 spiro atoms. The zero-order valence-corrected chi connectivity index (χ0v) is 12.8. The van der Waals surface area contributed by atoms with Gasteiger partial charge in [0.05, 0.1) is 0 Å². The van der Waals surface area contributed by atoms with Crippen LogP contribution in [-0.4, -0.2) is 39.7 Å². The molecule has 0 aliphatic carbocycles. The molecule has 0 heterocycles. The van der Waals surface area contributed by atoms with E-state index in [-0.39, 0.29) is 11.7 Å². The van der Waals surface area contributed by atoms with Crippen LogP contribution in [0, 0.1) is 5.92 Å². The highest BCUT2D eigenvalue weighted by atomic mass is 32.2. The summed E-state index contributed by atoms with van der Waals surface area (Å²) in [6.07, 6.45) is 2.61. The summed E-state index contributed by atoms with van der Waals surface area (Å²) in [4.78, 5) is 12.1. The van der Waals surface area contributed by atoms with E-state index in [0.29, 0.717) is 25.1 Å². The summed E-state index contributed by atoms with van der Waals surface area (Å²) in [5, 5.41) is 14.5. The predicted molar refractivity (Wildman–Crippen MR) is 83.6 cm³/mol. The van der Waals surface area contributed by atoms with Gasteiger partial charge in [0.15, 0.2) is 5.84 Å². The molecule has 6 nitrogen and oxygen atoms in total. The quantitative estimate of drug-likeness (QED) is 0.213. The number of nitrogens with two attached hydrogens (primary N) is 1. The maximum atomic E-state index is 12.1. The molecule has 2 atom stereocenters. The minimum Gasteiger partial charge on any atom is -0.409 e. The van der Waals surface area contributed by atoms with E-state index in [2.05, 4.69) is 10.5 Å². The number of amides is 1. The summed E-state index contributed by atoms with van der Waals surface area (Å²) in [6.45, 7) is 0.419. The zero-order chi connectivity index (χ0) is 15.7. The van der Waals surface area contributed by atoms with Gasteiger partial charge in [-0.3, -0.25) is 9.00 Å². The van der Waals surface area contributed by atoms with Crippen LogP contribution in [0.4, 0.5) is 0 Å². The number of hydrogen-bond donors (Lipinski definition) is 3. The maximum absolute atomic E-state index is 12.1. The van der Waals surface area contributed by atoms with E-state index in [9.17, 15) is 9.00 Å². The van der Waals surface area contributed by atoms with Crippen molar-refractivity contribution in [3.05, 3.63) is 35.9 Å². The second-order valence-corrected chi connectivity index (χ2v) is 6.24. The lowest BCUT2D eigenvalue weighted by atomic mass is 9.97. The van der Waals surface area contributed by atoms with E-state index in [4.69, 9.17) is 10.9 Å². The lowest BCUT2D eigenvalue weighted by Gasteiger charge is -2.15. The minimum atomic E-state index is -0.873. The topological polar surface area (TPSA) is 105 Å². The van der Waals surface area contributed by atoms with Gasteiger partial charge in [-0.25, -0.2) is 0 Å². The third kappa shape index (κ3) is 6.40. The van der Waals surface area contributed by atoms with Crippen LogP contribution in [-0.2, 0) is 22.0 Å². The normalized spacial score (nSPS) is 14.4. The van der Waals surface area contributed by atoms with E-state index in [1.54, 1.807) is 6.26 Å². The van der Waals surface area contributed by atoms with Crippen molar-refractivity contribution in [2.75, 3.05) is 18.6 Å². The lowest BCUT2D eigenvalue weighted by molar-refractivity contribution is -0.123. The van der Waals surface area contributed by atoms with Gasteiger partial charge in [-0.15, -0.1) is 0 Å². The van der Waals surface area contributed by atoms with Crippen LogP contribution in [0.1, 0.15) is 12.0 Å². The number of carbonyl (C=O) groups is 1. The minimum absolute atomic E-state index is 0.115. The third-order valence-electron chi connectivity index (χ3n) is 2.98. The Morgan fingerprint density at radius 2 is 2.10 bits per heavy atom. The molecular formula is C14H21N3O3S. The Morgan fingerprint density at radius 3 is 2.67 bits per heavy atom. The van der Waals surface area contributed by atoms with Crippen LogP contribution in [0.15, 0.2) is 35.5 Å². The Morgan fingerprint density at radius 1 is 1.43 bits per heavy atom. The SMILES string of the molecule is CS(=O)CCCNC(=O)C(Cc1ccccc1)/C(N)=N/O. The molecule has 1 aromatic rings. The van der Waals surface area contributed by atoms with Gasteiger partial charge in [-0.1, -0.05) is 35.5 Å². The van der Waals surface area contributed by atoms with Crippen LogP contribution in [0.2, 0.25) is 0 Å². The summed E-state index contributed by atoms with van der Waals surface area (Å²) in [6, 6.07) is 9.38. The van der Waals surface area contributed by atoms with Crippen molar-refractivity contribution in [1.82, 2.24) is 5.32 Å². The van der Waals surface area contributed by atoms with Crippen LogP contribution in [0.5, 0.6) is 0 Å². The fourth-order valence-corrected chi connectivity index (χ4v) is 2.41. The number of amidine groups is 1.